The van der Waals surface area contributed by atoms with Crippen molar-refractivity contribution in [3.05, 3.63) is 27.9 Å². The van der Waals surface area contributed by atoms with Crippen LogP contribution in [0.3, 0.4) is 0 Å². The van der Waals surface area contributed by atoms with Gasteiger partial charge in [-0.2, -0.15) is 11.3 Å². The van der Waals surface area contributed by atoms with E-state index in [2.05, 4.69) is 10.3 Å². The minimum atomic E-state index is -0.867. The molecule has 2 aromatic heterocycles. The van der Waals surface area contributed by atoms with Gasteiger partial charge in [-0.3, -0.25) is 9.59 Å². The number of carbonyl (C=O) groups excluding carboxylic acids is 1. The number of hydrogen-bond acceptors (Lipinski definition) is 5. The van der Waals surface area contributed by atoms with Crippen LogP contribution in [-0.4, -0.2) is 27.5 Å². The Bertz CT molecular complexity index is 675. The van der Waals surface area contributed by atoms with Crippen LogP contribution >= 0.6 is 22.7 Å². The minimum Gasteiger partial charge on any atom is -0.481 e. The van der Waals surface area contributed by atoms with Crippen molar-refractivity contribution in [3.63, 3.8) is 0 Å². The molecule has 0 atom stereocenters. The summed E-state index contributed by atoms with van der Waals surface area (Å²) in [6, 6.07) is 2.00. The van der Waals surface area contributed by atoms with Crippen LogP contribution in [0.4, 0.5) is 0 Å². The number of thiazole rings is 1. The molecule has 0 unspecified atom stereocenters. The number of carboxylic acids is 1. The Kier molecular flexibility index (Phi) is 4.26. The number of carboxylic acid groups (broad SMARTS) is 1. The maximum atomic E-state index is 12.2. The fraction of sp³-hybridized carbons (Fsp3) is 0.400. The molecule has 7 heteroatoms. The van der Waals surface area contributed by atoms with Gasteiger partial charge in [0.2, 0.25) is 5.91 Å². The number of aliphatic carboxylic acids is 1. The van der Waals surface area contributed by atoms with Crippen molar-refractivity contribution < 1.29 is 14.7 Å². The lowest BCUT2D eigenvalue weighted by Gasteiger charge is -2.41. The lowest BCUT2D eigenvalue weighted by molar-refractivity contribution is -0.140. The molecular formula is C15H16N2O3S2. The normalized spacial score (nSPS) is 16.0. The molecular weight excluding hydrogens is 320 g/mol. The van der Waals surface area contributed by atoms with E-state index >= 15 is 0 Å². The smallest absolute Gasteiger partial charge is 0.305 e. The van der Waals surface area contributed by atoms with Crippen molar-refractivity contribution in [1.82, 2.24) is 10.3 Å². The summed E-state index contributed by atoms with van der Waals surface area (Å²) in [6.45, 7) is 0. The summed E-state index contributed by atoms with van der Waals surface area (Å²) in [5.74, 6) is -1.02. The average molecular weight is 336 g/mol. The first-order valence-electron chi connectivity index (χ1n) is 7.06. The van der Waals surface area contributed by atoms with Gasteiger partial charge in [0.1, 0.15) is 5.01 Å². The fourth-order valence-electron chi connectivity index (χ4n) is 2.65. The Hall–Kier alpha value is -1.73. The lowest BCUT2D eigenvalue weighted by Crippen LogP contribution is -2.55. The van der Waals surface area contributed by atoms with Crippen molar-refractivity contribution in [3.8, 4) is 10.6 Å². The van der Waals surface area contributed by atoms with Crippen LogP contribution in [0.2, 0.25) is 0 Å². The van der Waals surface area contributed by atoms with Crippen molar-refractivity contribution in [2.24, 2.45) is 0 Å². The van der Waals surface area contributed by atoms with Crippen molar-refractivity contribution >= 4 is 34.6 Å². The molecule has 0 bridgehead atoms. The third kappa shape index (κ3) is 3.36. The molecule has 2 aromatic rings. The van der Waals surface area contributed by atoms with Gasteiger partial charge in [0.15, 0.2) is 0 Å². The zero-order valence-corrected chi connectivity index (χ0v) is 13.5. The molecule has 116 valence electrons. The summed E-state index contributed by atoms with van der Waals surface area (Å²) in [7, 11) is 0. The Morgan fingerprint density at radius 1 is 1.36 bits per heavy atom. The highest BCUT2D eigenvalue weighted by Crippen LogP contribution is 2.35. The van der Waals surface area contributed by atoms with Crippen LogP contribution < -0.4 is 5.32 Å². The predicted molar refractivity (Wildman–Crippen MR) is 86.1 cm³/mol. The van der Waals surface area contributed by atoms with Crippen LogP contribution in [0.1, 0.15) is 31.4 Å². The molecule has 2 N–H and O–H groups in total. The van der Waals surface area contributed by atoms with Crippen LogP contribution in [0.5, 0.6) is 0 Å². The molecule has 5 nitrogen and oxygen atoms in total. The second-order valence-corrected chi connectivity index (χ2v) is 7.22. The highest BCUT2D eigenvalue weighted by atomic mass is 32.1. The molecule has 0 aliphatic heterocycles. The van der Waals surface area contributed by atoms with E-state index in [4.69, 9.17) is 5.11 Å². The number of amides is 1. The third-order valence-electron chi connectivity index (χ3n) is 3.87. The first-order valence-corrected chi connectivity index (χ1v) is 8.88. The van der Waals surface area contributed by atoms with E-state index in [-0.39, 0.29) is 18.7 Å². The number of carbonyl (C=O) groups is 2. The van der Waals surface area contributed by atoms with Gasteiger partial charge in [-0.25, -0.2) is 4.98 Å². The quantitative estimate of drug-likeness (QED) is 0.850. The van der Waals surface area contributed by atoms with E-state index in [1.54, 1.807) is 11.3 Å². The summed E-state index contributed by atoms with van der Waals surface area (Å²) < 4.78 is 0. The summed E-state index contributed by atoms with van der Waals surface area (Å²) in [4.78, 5) is 27.6. The van der Waals surface area contributed by atoms with Gasteiger partial charge in [-0.05, 0) is 30.7 Å². The molecule has 0 aromatic carbocycles. The molecule has 1 saturated carbocycles. The van der Waals surface area contributed by atoms with E-state index in [1.807, 2.05) is 22.2 Å². The Morgan fingerprint density at radius 3 is 2.77 bits per heavy atom. The summed E-state index contributed by atoms with van der Waals surface area (Å²) in [5, 5.41) is 18.7. The molecule has 3 rings (SSSR count). The zero-order valence-electron chi connectivity index (χ0n) is 11.9. The van der Waals surface area contributed by atoms with Crippen molar-refractivity contribution in [1.29, 1.82) is 0 Å². The van der Waals surface area contributed by atoms with Gasteiger partial charge in [0.25, 0.3) is 0 Å². The summed E-state index contributed by atoms with van der Waals surface area (Å²) >= 11 is 3.13. The molecule has 1 fully saturated rings. The average Bonchev–Trinajstić information content (AvgIpc) is 3.05. The number of rotatable bonds is 6. The number of thiophene rings is 1. The second kappa shape index (κ2) is 6.18. The minimum absolute atomic E-state index is 0.00401. The number of nitrogens with one attached hydrogen (secondary N) is 1. The first-order chi connectivity index (χ1) is 10.6. The maximum absolute atomic E-state index is 12.2. The first kappa shape index (κ1) is 15.2. The third-order valence-corrected chi connectivity index (χ3v) is 5.49. The highest BCUT2D eigenvalue weighted by molar-refractivity contribution is 7.14. The predicted octanol–water partition coefficient (Wildman–Crippen LogP) is 2.93. The second-order valence-electron chi connectivity index (χ2n) is 5.59. The zero-order chi connectivity index (χ0) is 15.6. The number of hydrogen-bond donors (Lipinski definition) is 2. The summed E-state index contributed by atoms with van der Waals surface area (Å²) in [5.41, 5.74) is 1.26. The van der Waals surface area contributed by atoms with Gasteiger partial charge >= 0.3 is 5.97 Å². The highest BCUT2D eigenvalue weighted by Gasteiger charge is 2.40. The van der Waals surface area contributed by atoms with Gasteiger partial charge in [0.05, 0.1) is 24.1 Å². The standard InChI is InChI=1S/C15H16N2O3S2/c18-12(17-15(3-1-4-15)7-13(19)20)6-11-9-22-14(16-11)10-2-5-21-8-10/h2,5,8-9H,1,3-4,6-7H2,(H,17,18)(H,19,20). The monoisotopic (exact) mass is 336 g/mol. The fourth-order valence-corrected chi connectivity index (χ4v) is 4.18. The molecule has 1 amide bonds. The van der Waals surface area contributed by atoms with E-state index in [0.717, 1.165) is 35.5 Å². The Balaban J connectivity index is 1.61. The van der Waals surface area contributed by atoms with E-state index in [1.165, 1.54) is 11.3 Å². The SMILES string of the molecule is O=C(O)CC1(NC(=O)Cc2csc(-c3ccsc3)n2)CCC1. The maximum Gasteiger partial charge on any atom is 0.305 e. The van der Waals surface area contributed by atoms with Crippen molar-refractivity contribution in [2.75, 3.05) is 0 Å². The molecule has 1 aliphatic carbocycles. The molecule has 0 radical (unpaired) electrons. The van der Waals surface area contributed by atoms with Gasteiger partial charge in [0, 0.05) is 16.3 Å². The van der Waals surface area contributed by atoms with Crippen LogP contribution in [0.25, 0.3) is 10.6 Å². The summed E-state index contributed by atoms with van der Waals surface area (Å²) in [6.07, 6.45) is 2.63. The van der Waals surface area contributed by atoms with E-state index in [0.29, 0.717) is 0 Å². The number of nitrogens with zero attached hydrogens (tertiary/aromatic N) is 1. The lowest BCUT2D eigenvalue weighted by atomic mass is 9.74. The van der Waals surface area contributed by atoms with E-state index in [9.17, 15) is 9.59 Å². The van der Waals surface area contributed by atoms with Crippen LogP contribution in [-0.2, 0) is 16.0 Å². The van der Waals surface area contributed by atoms with Gasteiger partial charge in [-0.15, -0.1) is 11.3 Å². The molecule has 22 heavy (non-hydrogen) atoms. The Morgan fingerprint density at radius 2 is 2.18 bits per heavy atom. The van der Waals surface area contributed by atoms with E-state index < -0.39 is 11.5 Å². The molecule has 1 aliphatic rings. The largest absolute Gasteiger partial charge is 0.481 e. The molecule has 2 heterocycles. The van der Waals surface area contributed by atoms with Crippen molar-refractivity contribution in [2.45, 2.75) is 37.6 Å². The van der Waals surface area contributed by atoms with Gasteiger partial charge < -0.3 is 10.4 Å². The molecule has 0 saturated heterocycles. The molecule has 0 spiro atoms. The Labute approximate surface area is 136 Å². The number of aromatic nitrogens is 1. The van der Waals surface area contributed by atoms with Crippen LogP contribution in [0, 0.1) is 0 Å². The van der Waals surface area contributed by atoms with Gasteiger partial charge in [-0.1, -0.05) is 0 Å². The topological polar surface area (TPSA) is 79.3 Å². The van der Waals surface area contributed by atoms with Crippen LogP contribution in [0.15, 0.2) is 22.2 Å².